The Morgan fingerprint density at radius 2 is 1.19 bits per heavy atom. The minimum Gasteiger partial charge on any atom is -0.611 e. The summed E-state index contributed by atoms with van der Waals surface area (Å²) in [5, 5.41) is 22.7. The average Bonchev–Trinajstić information content (AvgIpc) is 2.88. The Bertz CT molecular complexity index is 626. The van der Waals surface area contributed by atoms with Gasteiger partial charge in [-0.05, 0) is 22.4 Å². The van der Waals surface area contributed by atoms with E-state index in [1.165, 1.54) is 22.9 Å². The van der Waals surface area contributed by atoms with Gasteiger partial charge < -0.3 is 30.0 Å². The van der Waals surface area contributed by atoms with Crippen molar-refractivity contribution in [2.24, 2.45) is 9.98 Å². The van der Waals surface area contributed by atoms with Crippen molar-refractivity contribution in [3.8, 4) is 0 Å². The Morgan fingerprint density at radius 1 is 0.676 bits per heavy atom. The molecule has 0 spiro atoms. The minimum atomic E-state index is -1.20. The Balaban J connectivity index is 3.46. The maximum absolute atomic E-state index is 11.9. The molecule has 37 heavy (non-hydrogen) atoms. The number of amides is 2. The van der Waals surface area contributed by atoms with Crippen molar-refractivity contribution >= 4 is 103 Å². The number of aliphatic hydroxyl groups excluding tert-OH is 2. The van der Waals surface area contributed by atoms with Crippen LogP contribution in [0.4, 0.5) is 9.59 Å². The zero-order valence-corrected chi connectivity index (χ0v) is 26.5. The van der Waals surface area contributed by atoms with Gasteiger partial charge in [-0.25, -0.2) is 9.98 Å². The number of hydrogen-bond acceptors (Lipinski definition) is 13. The Hall–Kier alpha value is 0.570. The van der Waals surface area contributed by atoms with E-state index in [4.69, 9.17) is 10.2 Å². The molecule has 0 saturated heterocycles. The summed E-state index contributed by atoms with van der Waals surface area (Å²) in [4.78, 5) is 31.4. The fourth-order valence-electron chi connectivity index (χ4n) is 2.03. The van der Waals surface area contributed by atoms with E-state index in [2.05, 4.69) is 20.6 Å². The molecule has 17 heteroatoms. The number of rotatable bonds is 24. The summed E-state index contributed by atoms with van der Waals surface area (Å²) >= 11 is 5.02. The second kappa shape index (κ2) is 29.6. The highest BCUT2D eigenvalue weighted by atomic mass is 32.2. The molecule has 0 aromatic heterocycles. The van der Waals surface area contributed by atoms with E-state index in [1.807, 2.05) is 0 Å². The van der Waals surface area contributed by atoms with Gasteiger partial charge in [-0.15, -0.1) is 0 Å². The summed E-state index contributed by atoms with van der Waals surface area (Å²) < 4.78 is 23.2. The van der Waals surface area contributed by atoms with Crippen LogP contribution >= 0.6 is 58.8 Å². The number of nitrogens with zero attached hydrogens (tertiary/aromatic N) is 2. The minimum absolute atomic E-state index is 0.0108. The largest absolute Gasteiger partial charge is 0.611 e. The van der Waals surface area contributed by atoms with Crippen LogP contribution in [0.15, 0.2) is 9.98 Å². The lowest BCUT2D eigenvalue weighted by molar-refractivity contribution is 0.260. The second-order valence-corrected chi connectivity index (χ2v) is 15.2. The summed E-state index contributed by atoms with van der Waals surface area (Å²) in [6, 6.07) is 0. The zero-order chi connectivity index (χ0) is 27.4. The van der Waals surface area contributed by atoms with Crippen LogP contribution in [0.3, 0.4) is 0 Å². The van der Waals surface area contributed by atoms with Crippen LogP contribution in [0.1, 0.15) is 0 Å². The number of carbonyl (C=O) groups excluding carboxylic acids is 2. The van der Waals surface area contributed by atoms with Gasteiger partial charge in [-0.1, -0.05) is 23.5 Å². The van der Waals surface area contributed by atoms with Gasteiger partial charge in [0.25, 0.3) is 10.5 Å². The molecule has 4 N–H and O–H groups in total. The van der Waals surface area contributed by atoms with Gasteiger partial charge in [0.15, 0.2) is 0 Å². The molecule has 10 nitrogen and oxygen atoms in total. The number of aliphatic imine (C=N–C) groups is 2. The van der Waals surface area contributed by atoms with Crippen LogP contribution in [-0.2, 0) is 22.4 Å². The summed E-state index contributed by atoms with van der Waals surface area (Å²) in [6.45, 7) is 2.18. The summed E-state index contributed by atoms with van der Waals surface area (Å²) in [5.41, 5.74) is 2.87. The van der Waals surface area contributed by atoms with Gasteiger partial charge in [0.2, 0.25) is 11.1 Å². The Kier molecular flexibility index (Phi) is 30.0. The van der Waals surface area contributed by atoms with Gasteiger partial charge in [0.1, 0.15) is 11.5 Å². The van der Waals surface area contributed by atoms with Crippen LogP contribution in [0.5, 0.6) is 0 Å². The number of thioether (sulfide) groups is 5. The third-order valence-electron chi connectivity index (χ3n) is 3.65. The molecule has 2 amide bonds. The van der Waals surface area contributed by atoms with E-state index in [1.54, 1.807) is 35.3 Å². The van der Waals surface area contributed by atoms with Crippen molar-refractivity contribution in [2.45, 2.75) is 0 Å². The van der Waals surface area contributed by atoms with Crippen molar-refractivity contribution in [1.29, 1.82) is 0 Å². The van der Waals surface area contributed by atoms with Crippen molar-refractivity contribution < 1.29 is 28.9 Å². The molecule has 0 bridgehead atoms. The van der Waals surface area contributed by atoms with Gasteiger partial charge in [0, 0.05) is 59.1 Å². The van der Waals surface area contributed by atoms with Crippen LogP contribution in [0.25, 0.3) is 0 Å². The van der Waals surface area contributed by atoms with Crippen LogP contribution in [0.2, 0.25) is 0 Å². The molecule has 0 rings (SSSR count). The molecule has 0 radical (unpaired) electrons. The zero-order valence-electron chi connectivity index (χ0n) is 20.7. The van der Waals surface area contributed by atoms with E-state index in [0.717, 1.165) is 46.3 Å². The van der Waals surface area contributed by atoms with E-state index < -0.39 is 22.4 Å². The van der Waals surface area contributed by atoms with E-state index >= 15 is 0 Å². The first-order valence-electron chi connectivity index (χ1n) is 11.5. The quantitative estimate of drug-likeness (QED) is 0.0516. The van der Waals surface area contributed by atoms with Gasteiger partial charge in [-0.2, -0.15) is 35.3 Å². The summed E-state index contributed by atoms with van der Waals surface area (Å²) in [6.07, 6.45) is 0. The third kappa shape index (κ3) is 29.4. The summed E-state index contributed by atoms with van der Waals surface area (Å²) in [7, 11) is 0. The maximum Gasteiger partial charge on any atom is 0.279 e. The lowest BCUT2D eigenvalue weighted by Crippen LogP contribution is -2.22. The monoisotopic (exact) mass is 654 g/mol. The number of carbonyl (C=O) groups is 2. The topological polar surface area (TPSA) is 169 Å². The molecule has 0 aromatic carbocycles. The third-order valence-corrected chi connectivity index (χ3v) is 10.7. The van der Waals surface area contributed by atoms with Crippen LogP contribution in [-0.4, -0.2) is 138 Å². The fraction of sp³-hybridized carbons (Fsp3) is 0.800. The smallest absolute Gasteiger partial charge is 0.279 e. The SMILES string of the molecule is O=C(NCCSCC/N=C/[S+]([O-])CCSCCSC(=O)NCCSCC/N=C/[S+]([O-])CCO)SCCO. The molecule has 0 aliphatic rings. The standard InChI is InChI=1S/C20H38N4O6S7/c25-5-11-34-19(27)23-3-9-32-8-2-22-18-37(30)16-14-33-12-13-35-20(28)24-4-10-31-7-1-21-17-36(29)15-6-26/h17-18,25-26H,1-16H2,(H,23,27)(H,24,28)/b21-17+,22-18+. The molecule has 0 aromatic rings. The lowest BCUT2D eigenvalue weighted by Gasteiger charge is -2.06. The Morgan fingerprint density at radius 3 is 1.73 bits per heavy atom. The van der Waals surface area contributed by atoms with Crippen LogP contribution in [0, 0.1) is 0 Å². The molecule has 0 aliphatic heterocycles. The van der Waals surface area contributed by atoms with E-state index in [9.17, 15) is 18.7 Å². The predicted molar refractivity (Wildman–Crippen MR) is 171 cm³/mol. The van der Waals surface area contributed by atoms with Crippen LogP contribution < -0.4 is 10.6 Å². The van der Waals surface area contributed by atoms with Crippen molar-refractivity contribution in [3.63, 3.8) is 0 Å². The number of hydrogen-bond donors (Lipinski definition) is 4. The molecular weight excluding hydrogens is 617 g/mol. The van der Waals surface area contributed by atoms with Gasteiger partial charge in [0.05, 0.1) is 26.3 Å². The van der Waals surface area contributed by atoms with E-state index in [0.29, 0.717) is 43.4 Å². The van der Waals surface area contributed by atoms with Crippen molar-refractivity contribution in [3.05, 3.63) is 0 Å². The van der Waals surface area contributed by atoms with Crippen molar-refractivity contribution in [1.82, 2.24) is 10.6 Å². The highest BCUT2D eigenvalue weighted by Crippen LogP contribution is 2.09. The first kappa shape index (κ1) is 37.6. The van der Waals surface area contributed by atoms with Gasteiger partial charge in [-0.3, -0.25) is 9.59 Å². The predicted octanol–water partition coefficient (Wildman–Crippen LogP) is 1.61. The van der Waals surface area contributed by atoms with E-state index in [-0.39, 0.29) is 29.4 Å². The fourth-order valence-corrected chi connectivity index (χ4v) is 7.34. The number of nitrogens with one attached hydrogen (secondary N) is 2. The maximum atomic E-state index is 11.9. The van der Waals surface area contributed by atoms with Gasteiger partial charge >= 0.3 is 0 Å². The molecule has 0 heterocycles. The molecule has 2 unspecified atom stereocenters. The molecule has 216 valence electrons. The highest BCUT2D eigenvalue weighted by molar-refractivity contribution is 8.14. The first-order chi connectivity index (χ1) is 18.0. The van der Waals surface area contributed by atoms with Crippen molar-refractivity contribution in [2.75, 3.05) is 96.9 Å². The molecule has 0 fully saturated rings. The molecule has 0 saturated carbocycles. The average molecular weight is 655 g/mol. The highest BCUT2D eigenvalue weighted by Gasteiger charge is 2.05. The first-order valence-corrected chi connectivity index (χ1v) is 19.7. The molecule has 0 aliphatic carbocycles. The molecular formula is C20H38N4O6S7. The Labute approximate surface area is 247 Å². The molecule has 2 atom stereocenters. The lowest BCUT2D eigenvalue weighted by atomic mass is 10.8. The normalized spacial score (nSPS) is 13.3. The second-order valence-electron chi connectivity index (χ2n) is 6.60. The number of aliphatic hydroxyl groups is 2. The summed E-state index contributed by atoms with van der Waals surface area (Å²) in [5.74, 6) is 6.55.